The molecule has 0 bridgehead atoms. The number of anilines is 2. The van der Waals surface area contributed by atoms with E-state index in [1.807, 2.05) is 6.07 Å². The summed E-state index contributed by atoms with van der Waals surface area (Å²) in [4.78, 5) is 39.8. The molecule has 3 N–H and O–H groups in total. The number of methoxy groups -OCH3 is 3. The fraction of sp³-hybridized carbons (Fsp3) is 0.121. The highest BCUT2D eigenvalue weighted by atomic mass is 32.2. The number of hydrogen-bond donors (Lipinski definition) is 3. The number of ether oxygens (including phenoxy) is 3. The normalized spacial score (nSPS) is 10.8. The molecular weight excluding hydrogens is 566 g/mol. The van der Waals surface area contributed by atoms with Crippen molar-refractivity contribution in [3.8, 4) is 17.2 Å². The molecule has 0 aliphatic rings. The highest BCUT2D eigenvalue weighted by Gasteiger charge is 2.17. The van der Waals surface area contributed by atoms with Gasteiger partial charge in [0, 0.05) is 27.4 Å². The number of amides is 3. The molecule has 220 valence electrons. The lowest BCUT2D eigenvalue weighted by Crippen LogP contribution is -2.30. The summed E-state index contributed by atoms with van der Waals surface area (Å²) in [6.07, 6.45) is 1.53. The minimum Gasteiger partial charge on any atom is -0.497 e. The molecule has 0 fully saturated rings. The molecule has 0 aliphatic carbocycles. The molecule has 0 atom stereocenters. The molecular formula is C33H31N3O6S. The third-order valence-corrected chi connectivity index (χ3v) is 7.09. The zero-order valence-electron chi connectivity index (χ0n) is 23.9. The Bertz CT molecular complexity index is 1610. The SMILES string of the molecule is COc1ccc(NC(=O)CSc2cccc(NC(=O)/C(=C\c3cc(OC)ccc3OC)NC(=O)c3ccccc3)c2)cc1. The van der Waals surface area contributed by atoms with Gasteiger partial charge in [-0.2, -0.15) is 0 Å². The first kappa shape index (κ1) is 30.7. The zero-order valence-corrected chi connectivity index (χ0v) is 24.7. The Morgan fingerprint density at radius 3 is 2.14 bits per heavy atom. The van der Waals surface area contributed by atoms with E-state index in [1.165, 1.54) is 32.1 Å². The van der Waals surface area contributed by atoms with Gasteiger partial charge in [0.25, 0.3) is 11.8 Å². The minimum absolute atomic E-state index is 0.00247. The van der Waals surface area contributed by atoms with Crippen LogP contribution in [0, 0.1) is 0 Å². The van der Waals surface area contributed by atoms with Crippen LogP contribution in [-0.2, 0) is 9.59 Å². The molecule has 4 rings (SSSR count). The highest BCUT2D eigenvalue weighted by molar-refractivity contribution is 8.00. The van der Waals surface area contributed by atoms with E-state index in [4.69, 9.17) is 14.2 Å². The van der Waals surface area contributed by atoms with Crippen LogP contribution >= 0.6 is 11.8 Å². The standard InChI is InChI=1S/C33H31N3O6S/c1-40-26-14-12-24(13-15-26)34-31(37)21-43-28-11-7-10-25(20-28)35-33(39)29(36-32(38)22-8-5-4-6-9-22)19-23-18-27(41-2)16-17-30(23)42-3/h4-20H,21H2,1-3H3,(H,34,37)(H,35,39)(H,36,38)/b29-19+. The molecule has 9 nitrogen and oxygen atoms in total. The van der Waals surface area contributed by atoms with Crippen molar-refractivity contribution in [2.45, 2.75) is 4.90 Å². The Hall–Kier alpha value is -5.22. The molecule has 0 heterocycles. The summed E-state index contributed by atoms with van der Waals surface area (Å²) in [5, 5.41) is 8.41. The third-order valence-electron chi connectivity index (χ3n) is 6.10. The van der Waals surface area contributed by atoms with Crippen molar-refractivity contribution in [1.29, 1.82) is 0 Å². The Labute approximate surface area is 254 Å². The Morgan fingerprint density at radius 1 is 0.721 bits per heavy atom. The number of hydrogen-bond acceptors (Lipinski definition) is 7. The minimum atomic E-state index is -0.548. The van der Waals surface area contributed by atoms with Crippen molar-refractivity contribution in [2.75, 3.05) is 37.7 Å². The van der Waals surface area contributed by atoms with Crippen molar-refractivity contribution in [3.05, 3.63) is 114 Å². The van der Waals surface area contributed by atoms with Gasteiger partial charge < -0.3 is 30.2 Å². The highest BCUT2D eigenvalue weighted by Crippen LogP contribution is 2.27. The van der Waals surface area contributed by atoms with E-state index in [0.29, 0.717) is 39.8 Å². The van der Waals surface area contributed by atoms with Gasteiger partial charge in [0.05, 0.1) is 27.1 Å². The Kier molecular flexibility index (Phi) is 10.8. The smallest absolute Gasteiger partial charge is 0.272 e. The van der Waals surface area contributed by atoms with Crippen LogP contribution in [0.15, 0.2) is 108 Å². The van der Waals surface area contributed by atoms with Crippen molar-refractivity contribution < 1.29 is 28.6 Å². The first-order valence-corrected chi connectivity index (χ1v) is 14.2. The van der Waals surface area contributed by atoms with Crippen LogP contribution in [0.25, 0.3) is 6.08 Å². The van der Waals surface area contributed by atoms with Crippen molar-refractivity contribution in [3.63, 3.8) is 0 Å². The maximum Gasteiger partial charge on any atom is 0.272 e. The Morgan fingerprint density at radius 2 is 1.44 bits per heavy atom. The maximum atomic E-state index is 13.5. The van der Waals surface area contributed by atoms with Gasteiger partial charge in [-0.3, -0.25) is 14.4 Å². The number of rotatable bonds is 12. The van der Waals surface area contributed by atoms with E-state index in [1.54, 1.807) is 98.1 Å². The van der Waals surface area contributed by atoms with Crippen LogP contribution in [0.4, 0.5) is 11.4 Å². The average molecular weight is 598 g/mol. The summed E-state index contributed by atoms with van der Waals surface area (Å²) in [6, 6.07) is 27.9. The van der Waals surface area contributed by atoms with Gasteiger partial charge in [-0.1, -0.05) is 24.3 Å². The van der Waals surface area contributed by atoms with Gasteiger partial charge in [0.15, 0.2) is 0 Å². The molecule has 0 radical (unpaired) electrons. The number of thioether (sulfide) groups is 1. The van der Waals surface area contributed by atoms with E-state index in [0.717, 1.165) is 4.90 Å². The van der Waals surface area contributed by atoms with E-state index >= 15 is 0 Å². The second-order valence-electron chi connectivity index (χ2n) is 9.03. The summed E-state index contributed by atoms with van der Waals surface area (Å²) in [5.41, 5.74) is 2.08. The van der Waals surface area contributed by atoms with Gasteiger partial charge in [0.1, 0.15) is 22.9 Å². The van der Waals surface area contributed by atoms with Crippen LogP contribution < -0.4 is 30.2 Å². The topological polar surface area (TPSA) is 115 Å². The molecule has 0 saturated heterocycles. The molecule has 3 amide bonds. The third kappa shape index (κ3) is 8.88. The van der Waals surface area contributed by atoms with Crippen molar-refractivity contribution in [2.24, 2.45) is 0 Å². The number of benzene rings is 4. The number of carbonyl (C=O) groups is 3. The molecule has 4 aromatic carbocycles. The van der Waals surface area contributed by atoms with Crippen LogP contribution in [0.5, 0.6) is 17.2 Å². The summed E-state index contributed by atoms with van der Waals surface area (Å²) >= 11 is 1.32. The van der Waals surface area contributed by atoms with Crippen LogP contribution in [0.2, 0.25) is 0 Å². The summed E-state index contributed by atoms with van der Waals surface area (Å²) in [5.74, 6) is 0.743. The van der Waals surface area contributed by atoms with Crippen LogP contribution in [-0.4, -0.2) is 44.8 Å². The first-order valence-electron chi connectivity index (χ1n) is 13.2. The number of nitrogens with one attached hydrogen (secondary N) is 3. The monoisotopic (exact) mass is 597 g/mol. The van der Waals surface area contributed by atoms with Crippen LogP contribution in [0.3, 0.4) is 0 Å². The quantitative estimate of drug-likeness (QED) is 0.139. The predicted molar refractivity (Wildman–Crippen MR) is 169 cm³/mol. The lowest BCUT2D eigenvalue weighted by Gasteiger charge is -2.14. The fourth-order valence-electron chi connectivity index (χ4n) is 3.93. The summed E-state index contributed by atoms with van der Waals surface area (Å²) < 4.78 is 15.9. The lowest BCUT2D eigenvalue weighted by atomic mass is 10.1. The summed E-state index contributed by atoms with van der Waals surface area (Å²) in [7, 11) is 4.63. The van der Waals surface area contributed by atoms with Gasteiger partial charge in [-0.25, -0.2) is 0 Å². The summed E-state index contributed by atoms with van der Waals surface area (Å²) in [6.45, 7) is 0. The van der Waals surface area contributed by atoms with Gasteiger partial charge in [-0.15, -0.1) is 11.8 Å². The predicted octanol–water partition coefficient (Wildman–Crippen LogP) is 5.85. The van der Waals surface area contributed by atoms with E-state index < -0.39 is 11.8 Å². The second kappa shape index (κ2) is 15.1. The lowest BCUT2D eigenvalue weighted by molar-refractivity contribution is -0.114. The van der Waals surface area contributed by atoms with Crippen LogP contribution in [0.1, 0.15) is 15.9 Å². The maximum absolute atomic E-state index is 13.5. The van der Waals surface area contributed by atoms with Gasteiger partial charge in [-0.05, 0) is 78.9 Å². The molecule has 0 aliphatic heterocycles. The molecule has 0 saturated carbocycles. The molecule has 10 heteroatoms. The van der Waals surface area contributed by atoms with E-state index in [-0.39, 0.29) is 17.4 Å². The fourth-order valence-corrected chi connectivity index (χ4v) is 4.69. The molecule has 4 aromatic rings. The molecule has 0 aromatic heterocycles. The number of carbonyl (C=O) groups excluding carboxylic acids is 3. The first-order chi connectivity index (χ1) is 20.9. The molecule has 0 spiro atoms. The average Bonchev–Trinajstić information content (AvgIpc) is 3.04. The van der Waals surface area contributed by atoms with Crippen molar-refractivity contribution in [1.82, 2.24) is 5.32 Å². The van der Waals surface area contributed by atoms with Gasteiger partial charge >= 0.3 is 0 Å². The Balaban J connectivity index is 1.49. The largest absolute Gasteiger partial charge is 0.497 e. The zero-order chi connectivity index (χ0) is 30.6. The molecule has 43 heavy (non-hydrogen) atoms. The van der Waals surface area contributed by atoms with E-state index in [9.17, 15) is 14.4 Å². The van der Waals surface area contributed by atoms with E-state index in [2.05, 4.69) is 16.0 Å². The van der Waals surface area contributed by atoms with Gasteiger partial charge in [0.2, 0.25) is 5.91 Å². The molecule has 0 unspecified atom stereocenters. The second-order valence-corrected chi connectivity index (χ2v) is 10.1. The van der Waals surface area contributed by atoms with Crippen molar-refractivity contribution >= 4 is 46.9 Å².